The van der Waals surface area contributed by atoms with E-state index < -0.39 is 0 Å². The van der Waals surface area contributed by atoms with Crippen molar-refractivity contribution in [3.8, 4) is 5.75 Å². The molecule has 0 spiro atoms. The Labute approximate surface area is 148 Å². The second kappa shape index (κ2) is 10.6. The summed E-state index contributed by atoms with van der Waals surface area (Å²) in [6.07, 6.45) is 0.891. The minimum atomic E-state index is -0.254. The van der Waals surface area contributed by atoms with Gasteiger partial charge in [-0.1, -0.05) is 18.5 Å². The molecule has 1 aliphatic rings. The van der Waals surface area contributed by atoms with Gasteiger partial charge in [0.25, 0.3) is 0 Å². The summed E-state index contributed by atoms with van der Waals surface area (Å²) in [5, 5.41) is 0.668. The molecule has 0 unspecified atom stereocenters. The van der Waals surface area contributed by atoms with Gasteiger partial charge in [-0.15, -0.1) is 12.4 Å². The highest BCUT2D eigenvalue weighted by Gasteiger charge is 2.21. The summed E-state index contributed by atoms with van der Waals surface area (Å²) < 4.78 is 10.7. The Hall–Kier alpha value is -1.17. The first kappa shape index (κ1) is 19.9. The third kappa shape index (κ3) is 6.85. The first-order chi connectivity index (χ1) is 10.7. The number of carbonyl (C=O) groups is 1. The fourth-order valence-corrected chi connectivity index (χ4v) is 2.51. The molecule has 23 heavy (non-hydrogen) atoms. The molecule has 0 N–H and O–H groups in total. The molecule has 0 aromatic heterocycles. The molecule has 130 valence electrons. The molecule has 5 nitrogen and oxygen atoms in total. The second-order valence-electron chi connectivity index (χ2n) is 5.25. The zero-order valence-corrected chi connectivity index (χ0v) is 14.9. The lowest BCUT2D eigenvalue weighted by atomic mass is 10.3. The Bertz CT molecular complexity index is 463. The number of nitrogens with zero attached hydrogens (tertiary/aromatic N) is 2. The van der Waals surface area contributed by atoms with E-state index >= 15 is 0 Å². The standard InChI is InChI=1S/C16H23ClN2O3.ClH/c1-2-7-18-8-10-19(11-9-18)16(20)22-13-12-21-15-5-3-14(17)4-6-15;/h3-6H,2,7-13H2,1H3;1H. The van der Waals surface area contributed by atoms with Crippen molar-refractivity contribution >= 4 is 30.1 Å². The number of ether oxygens (including phenoxy) is 2. The average molecular weight is 363 g/mol. The van der Waals surface area contributed by atoms with Crippen molar-refractivity contribution in [3.05, 3.63) is 29.3 Å². The molecule has 0 bridgehead atoms. The van der Waals surface area contributed by atoms with Crippen LogP contribution in [0.25, 0.3) is 0 Å². The molecule has 0 atom stereocenters. The Morgan fingerprint density at radius 1 is 1.13 bits per heavy atom. The molecule has 0 radical (unpaired) electrons. The van der Waals surface area contributed by atoms with Gasteiger partial charge in [0.05, 0.1) is 0 Å². The van der Waals surface area contributed by atoms with Crippen LogP contribution in [0.15, 0.2) is 24.3 Å². The number of amides is 1. The minimum absolute atomic E-state index is 0. The van der Waals surface area contributed by atoms with Crippen LogP contribution in [0.4, 0.5) is 4.79 Å². The number of hydrogen-bond donors (Lipinski definition) is 0. The van der Waals surface area contributed by atoms with Gasteiger partial charge >= 0.3 is 6.09 Å². The van der Waals surface area contributed by atoms with Gasteiger partial charge in [-0.3, -0.25) is 4.90 Å². The van der Waals surface area contributed by atoms with Crippen molar-refractivity contribution in [2.75, 3.05) is 45.9 Å². The second-order valence-corrected chi connectivity index (χ2v) is 5.68. The summed E-state index contributed by atoms with van der Waals surface area (Å²) in [6, 6.07) is 7.10. The van der Waals surface area contributed by atoms with Gasteiger partial charge in [0.15, 0.2) is 0 Å². The summed E-state index contributed by atoms with van der Waals surface area (Å²) in [4.78, 5) is 16.1. The van der Waals surface area contributed by atoms with E-state index in [1.54, 1.807) is 29.2 Å². The van der Waals surface area contributed by atoms with Crippen LogP contribution in [0.1, 0.15) is 13.3 Å². The van der Waals surface area contributed by atoms with E-state index in [0.717, 1.165) is 39.1 Å². The van der Waals surface area contributed by atoms with Crippen LogP contribution in [0, 0.1) is 0 Å². The van der Waals surface area contributed by atoms with E-state index in [1.165, 1.54) is 0 Å². The highest BCUT2D eigenvalue weighted by atomic mass is 35.5. The SMILES string of the molecule is CCCN1CCN(C(=O)OCCOc2ccc(Cl)cc2)CC1.Cl. The summed E-state index contributed by atoms with van der Waals surface area (Å²) in [6.45, 7) is 7.15. The van der Waals surface area contributed by atoms with Crippen LogP contribution in [0.2, 0.25) is 5.02 Å². The maximum Gasteiger partial charge on any atom is 0.409 e. The molecule has 1 aromatic carbocycles. The maximum atomic E-state index is 11.9. The van der Waals surface area contributed by atoms with Crippen LogP contribution in [-0.2, 0) is 4.74 Å². The predicted molar refractivity (Wildman–Crippen MR) is 93.8 cm³/mol. The van der Waals surface area contributed by atoms with Gasteiger partial charge in [0.2, 0.25) is 0 Å². The first-order valence-corrected chi connectivity index (χ1v) is 8.09. The largest absolute Gasteiger partial charge is 0.490 e. The van der Waals surface area contributed by atoms with Gasteiger partial charge < -0.3 is 14.4 Å². The quantitative estimate of drug-likeness (QED) is 0.728. The molecule has 0 saturated carbocycles. The Morgan fingerprint density at radius 2 is 1.78 bits per heavy atom. The van der Waals surface area contributed by atoms with Crippen molar-refractivity contribution in [2.45, 2.75) is 13.3 Å². The van der Waals surface area contributed by atoms with Crippen molar-refractivity contribution in [1.82, 2.24) is 9.80 Å². The molecule has 2 rings (SSSR count). The summed E-state index contributed by atoms with van der Waals surface area (Å²) in [7, 11) is 0. The van der Waals surface area contributed by atoms with Gasteiger partial charge in [-0.25, -0.2) is 4.79 Å². The zero-order valence-electron chi connectivity index (χ0n) is 13.4. The van der Waals surface area contributed by atoms with Crippen molar-refractivity contribution in [3.63, 3.8) is 0 Å². The van der Waals surface area contributed by atoms with Crippen molar-refractivity contribution in [1.29, 1.82) is 0 Å². The van der Waals surface area contributed by atoms with E-state index in [9.17, 15) is 4.79 Å². The van der Waals surface area contributed by atoms with Crippen LogP contribution in [0.3, 0.4) is 0 Å². The van der Waals surface area contributed by atoms with Crippen LogP contribution in [-0.4, -0.2) is 61.8 Å². The normalized spacial score (nSPS) is 15.0. The zero-order chi connectivity index (χ0) is 15.8. The number of carbonyl (C=O) groups excluding carboxylic acids is 1. The number of rotatable bonds is 6. The molecule has 1 aliphatic heterocycles. The fourth-order valence-electron chi connectivity index (χ4n) is 2.38. The molecule has 0 aliphatic carbocycles. The van der Waals surface area contributed by atoms with Crippen molar-refractivity contribution in [2.24, 2.45) is 0 Å². The lowest BCUT2D eigenvalue weighted by Crippen LogP contribution is -2.49. The van der Waals surface area contributed by atoms with Gasteiger partial charge in [-0.2, -0.15) is 0 Å². The number of benzene rings is 1. The van der Waals surface area contributed by atoms with Gasteiger partial charge in [0.1, 0.15) is 19.0 Å². The van der Waals surface area contributed by atoms with E-state index in [4.69, 9.17) is 21.1 Å². The lowest BCUT2D eigenvalue weighted by molar-refractivity contribution is 0.0671. The third-order valence-corrected chi connectivity index (χ3v) is 3.81. The lowest BCUT2D eigenvalue weighted by Gasteiger charge is -2.33. The van der Waals surface area contributed by atoms with E-state index in [-0.39, 0.29) is 25.1 Å². The predicted octanol–water partition coefficient (Wildman–Crippen LogP) is 3.30. The average Bonchev–Trinajstić information content (AvgIpc) is 2.54. The molecular formula is C16H24Cl2N2O3. The highest BCUT2D eigenvalue weighted by Crippen LogP contribution is 2.15. The van der Waals surface area contributed by atoms with Gasteiger partial charge in [-0.05, 0) is 37.2 Å². The maximum absolute atomic E-state index is 11.9. The van der Waals surface area contributed by atoms with Crippen LogP contribution in [0.5, 0.6) is 5.75 Å². The van der Waals surface area contributed by atoms with Crippen LogP contribution >= 0.6 is 24.0 Å². The van der Waals surface area contributed by atoms with E-state index in [1.807, 2.05) is 0 Å². The van der Waals surface area contributed by atoms with Gasteiger partial charge in [0, 0.05) is 31.2 Å². The summed E-state index contributed by atoms with van der Waals surface area (Å²) in [5.41, 5.74) is 0. The Morgan fingerprint density at radius 3 is 2.39 bits per heavy atom. The molecule has 1 heterocycles. The molecule has 1 fully saturated rings. The number of hydrogen-bond acceptors (Lipinski definition) is 4. The molecule has 7 heteroatoms. The van der Waals surface area contributed by atoms with E-state index in [0.29, 0.717) is 17.4 Å². The monoisotopic (exact) mass is 362 g/mol. The van der Waals surface area contributed by atoms with Crippen molar-refractivity contribution < 1.29 is 14.3 Å². The Kier molecular flexibility index (Phi) is 9.14. The molecular weight excluding hydrogens is 339 g/mol. The molecule has 1 aromatic rings. The third-order valence-electron chi connectivity index (χ3n) is 3.56. The smallest absolute Gasteiger partial charge is 0.409 e. The molecule has 1 saturated heterocycles. The minimum Gasteiger partial charge on any atom is -0.490 e. The number of piperazine rings is 1. The Balaban J connectivity index is 0.00000264. The van der Waals surface area contributed by atoms with Crippen LogP contribution < -0.4 is 4.74 Å². The molecule has 1 amide bonds. The summed E-state index contributed by atoms with van der Waals surface area (Å²) >= 11 is 5.80. The fraction of sp³-hybridized carbons (Fsp3) is 0.562. The first-order valence-electron chi connectivity index (χ1n) is 7.71. The summed E-state index contributed by atoms with van der Waals surface area (Å²) in [5.74, 6) is 0.716. The highest BCUT2D eigenvalue weighted by molar-refractivity contribution is 6.30. The van der Waals surface area contributed by atoms with E-state index in [2.05, 4.69) is 11.8 Å². The topological polar surface area (TPSA) is 42.0 Å². The number of halogens is 2.